The van der Waals surface area contributed by atoms with Crippen LogP contribution in [0.15, 0.2) is 18.7 Å². The Morgan fingerprint density at radius 2 is 2.12 bits per heavy atom. The molecule has 1 amide bonds. The lowest BCUT2D eigenvalue weighted by Gasteiger charge is -2.05. The minimum atomic E-state index is 0.0267. The predicted molar refractivity (Wildman–Crippen MR) is 63.2 cm³/mol. The first-order chi connectivity index (χ1) is 8.33. The number of hydrogen-bond donors (Lipinski definition) is 2. The van der Waals surface area contributed by atoms with E-state index in [0.29, 0.717) is 32.7 Å². The Morgan fingerprint density at radius 3 is 2.82 bits per heavy atom. The maximum Gasteiger partial charge on any atom is 0.221 e. The quantitative estimate of drug-likeness (QED) is 0.609. The van der Waals surface area contributed by atoms with Crippen LogP contribution in [0.2, 0.25) is 0 Å². The smallest absolute Gasteiger partial charge is 0.221 e. The molecule has 0 aliphatic carbocycles. The van der Waals surface area contributed by atoms with Crippen molar-refractivity contribution < 1.29 is 9.53 Å². The Hall–Kier alpha value is -1.53. The summed E-state index contributed by atoms with van der Waals surface area (Å²) in [4.78, 5) is 19.1. The zero-order chi connectivity index (χ0) is 12.3. The van der Waals surface area contributed by atoms with Crippen LogP contribution in [0.25, 0.3) is 0 Å². The van der Waals surface area contributed by atoms with E-state index in [2.05, 4.69) is 20.6 Å². The molecule has 17 heavy (non-hydrogen) atoms. The molecule has 94 valence electrons. The van der Waals surface area contributed by atoms with Gasteiger partial charge in [0, 0.05) is 51.1 Å². The summed E-state index contributed by atoms with van der Waals surface area (Å²) in [5.74, 6) is 0.0267. The number of aromatic nitrogens is 2. The van der Waals surface area contributed by atoms with Crippen molar-refractivity contribution in [1.82, 2.24) is 20.6 Å². The number of hydrogen-bond acceptors (Lipinski definition) is 5. The molecule has 0 aromatic carbocycles. The van der Waals surface area contributed by atoms with Crippen molar-refractivity contribution in [3.63, 3.8) is 0 Å². The minimum Gasteiger partial charge on any atom is -0.383 e. The van der Waals surface area contributed by atoms with Gasteiger partial charge in [0.05, 0.1) is 6.61 Å². The van der Waals surface area contributed by atoms with Crippen LogP contribution in [0.4, 0.5) is 0 Å². The molecule has 6 nitrogen and oxygen atoms in total. The van der Waals surface area contributed by atoms with Crippen LogP contribution in [0.1, 0.15) is 12.0 Å². The highest BCUT2D eigenvalue weighted by molar-refractivity contribution is 5.75. The lowest BCUT2D eigenvalue weighted by Crippen LogP contribution is -2.29. The van der Waals surface area contributed by atoms with E-state index in [1.165, 1.54) is 6.33 Å². The summed E-state index contributed by atoms with van der Waals surface area (Å²) in [5.41, 5.74) is 1.01. The molecule has 2 N–H and O–H groups in total. The summed E-state index contributed by atoms with van der Waals surface area (Å²) in [6.45, 7) is 2.41. The molecular weight excluding hydrogens is 220 g/mol. The van der Waals surface area contributed by atoms with Crippen molar-refractivity contribution in [2.45, 2.75) is 13.0 Å². The lowest BCUT2D eigenvalue weighted by atomic mass is 10.3. The zero-order valence-electron chi connectivity index (χ0n) is 9.98. The first kappa shape index (κ1) is 13.5. The number of ether oxygens (including phenoxy) is 1. The number of nitrogens with one attached hydrogen (secondary N) is 2. The molecule has 1 rings (SSSR count). The molecular formula is C11H18N4O2. The van der Waals surface area contributed by atoms with Crippen molar-refractivity contribution in [2.75, 3.05) is 26.8 Å². The minimum absolute atomic E-state index is 0.0267. The third-order valence-corrected chi connectivity index (χ3v) is 2.10. The molecule has 6 heteroatoms. The lowest BCUT2D eigenvalue weighted by molar-refractivity contribution is -0.121. The highest BCUT2D eigenvalue weighted by atomic mass is 16.5. The Kier molecular flexibility index (Phi) is 6.85. The molecule has 0 saturated heterocycles. The van der Waals surface area contributed by atoms with Crippen LogP contribution in [-0.4, -0.2) is 42.7 Å². The van der Waals surface area contributed by atoms with E-state index in [-0.39, 0.29) is 5.91 Å². The Bertz CT molecular complexity index is 319. The first-order valence-electron chi connectivity index (χ1n) is 5.53. The Morgan fingerprint density at radius 1 is 1.35 bits per heavy atom. The van der Waals surface area contributed by atoms with Crippen LogP contribution in [0.3, 0.4) is 0 Å². The fraction of sp³-hybridized carbons (Fsp3) is 0.545. The maximum atomic E-state index is 11.3. The summed E-state index contributed by atoms with van der Waals surface area (Å²) in [7, 11) is 1.61. The van der Waals surface area contributed by atoms with E-state index in [1.807, 2.05) is 0 Å². The van der Waals surface area contributed by atoms with E-state index in [9.17, 15) is 4.79 Å². The highest BCUT2D eigenvalue weighted by Gasteiger charge is 1.99. The molecule has 0 atom stereocenters. The van der Waals surface area contributed by atoms with E-state index in [1.54, 1.807) is 19.5 Å². The number of carbonyl (C=O) groups is 1. The normalized spacial score (nSPS) is 10.2. The third-order valence-electron chi connectivity index (χ3n) is 2.10. The average molecular weight is 238 g/mol. The van der Waals surface area contributed by atoms with Crippen LogP contribution >= 0.6 is 0 Å². The number of carbonyl (C=O) groups excluding carboxylic acids is 1. The fourth-order valence-electron chi connectivity index (χ4n) is 1.24. The van der Waals surface area contributed by atoms with Gasteiger partial charge < -0.3 is 15.4 Å². The van der Waals surface area contributed by atoms with Gasteiger partial charge in [-0.25, -0.2) is 9.97 Å². The maximum absolute atomic E-state index is 11.3. The van der Waals surface area contributed by atoms with E-state index in [4.69, 9.17) is 4.74 Å². The fourth-order valence-corrected chi connectivity index (χ4v) is 1.24. The molecule has 0 bridgehead atoms. The standard InChI is InChI=1S/C11H18N4O2/c1-17-5-4-15-11(16)2-3-12-6-10-7-13-9-14-8-10/h7-9,12H,2-6H2,1H3,(H,15,16). The van der Waals surface area contributed by atoms with Crippen molar-refractivity contribution in [1.29, 1.82) is 0 Å². The summed E-state index contributed by atoms with van der Waals surface area (Å²) >= 11 is 0. The van der Waals surface area contributed by atoms with Gasteiger partial charge >= 0.3 is 0 Å². The van der Waals surface area contributed by atoms with Gasteiger partial charge in [-0.1, -0.05) is 0 Å². The van der Waals surface area contributed by atoms with E-state index in [0.717, 1.165) is 5.56 Å². The van der Waals surface area contributed by atoms with Gasteiger partial charge in [0.1, 0.15) is 6.33 Å². The summed E-state index contributed by atoms with van der Waals surface area (Å²) < 4.78 is 4.83. The molecule has 1 heterocycles. The Balaban J connectivity index is 2.02. The van der Waals surface area contributed by atoms with Gasteiger partial charge in [-0.15, -0.1) is 0 Å². The second kappa shape index (κ2) is 8.60. The molecule has 0 saturated carbocycles. The monoisotopic (exact) mass is 238 g/mol. The van der Waals surface area contributed by atoms with Gasteiger partial charge in [-0.3, -0.25) is 4.79 Å². The topological polar surface area (TPSA) is 76.1 Å². The van der Waals surface area contributed by atoms with Crippen molar-refractivity contribution >= 4 is 5.91 Å². The summed E-state index contributed by atoms with van der Waals surface area (Å²) in [5, 5.41) is 5.90. The van der Waals surface area contributed by atoms with Crippen molar-refractivity contribution in [3.05, 3.63) is 24.3 Å². The first-order valence-corrected chi connectivity index (χ1v) is 5.53. The largest absolute Gasteiger partial charge is 0.383 e. The molecule has 0 fully saturated rings. The predicted octanol–water partition coefficient (Wildman–Crippen LogP) is -0.281. The van der Waals surface area contributed by atoms with Crippen LogP contribution < -0.4 is 10.6 Å². The zero-order valence-corrected chi connectivity index (χ0v) is 9.98. The van der Waals surface area contributed by atoms with Gasteiger partial charge in [-0.2, -0.15) is 0 Å². The third kappa shape index (κ3) is 6.60. The second-order valence-corrected chi connectivity index (χ2v) is 3.52. The van der Waals surface area contributed by atoms with Gasteiger partial charge in [0.15, 0.2) is 0 Å². The number of rotatable bonds is 8. The molecule has 0 unspecified atom stereocenters. The van der Waals surface area contributed by atoms with Crippen LogP contribution in [0, 0.1) is 0 Å². The van der Waals surface area contributed by atoms with Gasteiger partial charge in [-0.05, 0) is 0 Å². The van der Waals surface area contributed by atoms with Crippen LogP contribution in [0.5, 0.6) is 0 Å². The number of amides is 1. The van der Waals surface area contributed by atoms with Crippen molar-refractivity contribution in [2.24, 2.45) is 0 Å². The molecule has 0 spiro atoms. The van der Waals surface area contributed by atoms with Crippen LogP contribution in [-0.2, 0) is 16.1 Å². The average Bonchev–Trinajstić information content (AvgIpc) is 2.36. The van der Waals surface area contributed by atoms with Gasteiger partial charge in [0.25, 0.3) is 0 Å². The van der Waals surface area contributed by atoms with E-state index < -0.39 is 0 Å². The molecule has 1 aromatic rings. The van der Waals surface area contributed by atoms with Gasteiger partial charge in [0.2, 0.25) is 5.91 Å². The SMILES string of the molecule is COCCNC(=O)CCNCc1cncnc1. The molecule has 1 aromatic heterocycles. The van der Waals surface area contributed by atoms with E-state index >= 15 is 0 Å². The Labute approximate surface area is 101 Å². The number of methoxy groups -OCH3 is 1. The second-order valence-electron chi connectivity index (χ2n) is 3.52. The number of nitrogens with zero attached hydrogens (tertiary/aromatic N) is 2. The molecule has 0 aliphatic rings. The van der Waals surface area contributed by atoms with Crippen molar-refractivity contribution in [3.8, 4) is 0 Å². The molecule has 0 radical (unpaired) electrons. The summed E-state index contributed by atoms with van der Waals surface area (Å²) in [6, 6.07) is 0. The summed E-state index contributed by atoms with van der Waals surface area (Å²) in [6.07, 6.45) is 5.45. The highest BCUT2D eigenvalue weighted by Crippen LogP contribution is 1.91. The molecule has 0 aliphatic heterocycles.